The van der Waals surface area contributed by atoms with E-state index < -0.39 is 4.92 Å². The highest BCUT2D eigenvalue weighted by atomic mass is 16.6. The van der Waals surface area contributed by atoms with Crippen molar-refractivity contribution in [2.24, 2.45) is 5.92 Å². The minimum absolute atomic E-state index is 0.0529. The van der Waals surface area contributed by atoms with Crippen molar-refractivity contribution >= 4 is 17.3 Å². The first kappa shape index (κ1) is 15.2. The molecule has 1 saturated carbocycles. The molecule has 1 fully saturated rings. The topological polar surface area (TPSA) is 104 Å². The Morgan fingerprint density at radius 1 is 1.48 bits per heavy atom. The summed E-state index contributed by atoms with van der Waals surface area (Å²) in [6.45, 7) is 2.86. The Morgan fingerprint density at radius 3 is 2.76 bits per heavy atom. The van der Waals surface area contributed by atoms with Crippen LogP contribution in [-0.2, 0) is 0 Å². The van der Waals surface area contributed by atoms with Crippen molar-refractivity contribution in [1.29, 1.82) is 0 Å². The number of hydrogen-bond acceptors (Lipinski definition) is 5. The van der Waals surface area contributed by atoms with Crippen LogP contribution in [0.4, 0.5) is 11.4 Å². The molecule has 1 aromatic carbocycles. The van der Waals surface area contributed by atoms with Crippen LogP contribution in [0.2, 0.25) is 0 Å². The molecule has 0 aliphatic heterocycles. The van der Waals surface area contributed by atoms with Crippen LogP contribution >= 0.6 is 0 Å². The van der Waals surface area contributed by atoms with Crippen molar-refractivity contribution in [3.05, 3.63) is 33.9 Å². The summed E-state index contributed by atoms with van der Waals surface area (Å²) >= 11 is 0. The number of carbonyl (C=O) groups excluding carboxylic acids is 1. The molecule has 3 N–H and O–H groups in total. The maximum absolute atomic E-state index is 11.8. The standard InChI is InChI=1S/C14H19N3O4/c1-2-15-14(19)10-3-4-13(17(20)21)12(7-10)16-8-9-5-11(18)6-9/h3-4,7,9,11,16,18H,2,5-6,8H2,1H3,(H,15,19). The molecule has 114 valence electrons. The van der Waals surface area contributed by atoms with Gasteiger partial charge in [-0.05, 0) is 37.8 Å². The predicted molar refractivity (Wildman–Crippen MR) is 78.3 cm³/mol. The molecule has 1 aromatic rings. The fourth-order valence-corrected chi connectivity index (χ4v) is 2.36. The van der Waals surface area contributed by atoms with Crippen molar-refractivity contribution in [2.45, 2.75) is 25.9 Å². The number of anilines is 1. The molecule has 7 nitrogen and oxygen atoms in total. The molecule has 7 heteroatoms. The van der Waals surface area contributed by atoms with Crippen LogP contribution in [0.15, 0.2) is 18.2 Å². The summed E-state index contributed by atoms with van der Waals surface area (Å²) in [5.41, 5.74) is 0.673. The third-order valence-corrected chi connectivity index (χ3v) is 3.58. The third-order valence-electron chi connectivity index (χ3n) is 3.58. The first-order valence-corrected chi connectivity index (χ1v) is 6.99. The number of amides is 1. The smallest absolute Gasteiger partial charge is 0.292 e. The molecule has 1 aliphatic carbocycles. The lowest BCUT2D eigenvalue weighted by molar-refractivity contribution is -0.384. The van der Waals surface area contributed by atoms with Crippen LogP contribution in [-0.4, -0.2) is 35.1 Å². The van der Waals surface area contributed by atoms with E-state index in [0.29, 0.717) is 43.1 Å². The lowest BCUT2D eigenvalue weighted by atomic mass is 9.82. The van der Waals surface area contributed by atoms with Gasteiger partial charge in [0.05, 0.1) is 11.0 Å². The molecule has 0 aromatic heterocycles. The van der Waals surface area contributed by atoms with Gasteiger partial charge >= 0.3 is 0 Å². The van der Waals surface area contributed by atoms with E-state index in [0.717, 1.165) is 0 Å². The Labute approximate surface area is 122 Å². The molecule has 1 aliphatic rings. The first-order valence-electron chi connectivity index (χ1n) is 6.99. The lowest BCUT2D eigenvalue weighted by Gasteiger charge is -2.31. The number of benzene rings is 1. The summed E-state index contributed by atoms with van der Waals surface area (Å²) < 4.78 is 0. The van der Waals surface area contributed by atoms with Gasteiger partial charge in [0, 0.05) is 24.7 Å². The van der Waals surface area contributed by atoms with Gasteiger partial charge in [-0.3, -0.25) is 14.9 Å². The number of aliphatic hydroxyl groups is 1. The van der Waals surface area contributed by atoms with Gasteiger partial charge in [-0.15, -0.1) is 0 Å². The first-order chi connectivity index (χ1) is 10.0. The summed E-state index contributed by atoms with van der Waals surface area (Å²) in [6, 6.07) is 4.28. The lowest BCUT2D eigenvalue weighted by Crippen LogP contribution is -2.33. The van der Waals surface area contributed by atoms with Crippen LogP contribution in [0.1, 0.15) is 30.1 Å². The van der Waals surface area contributed by atoms with Crippen LogP contribution < -0.4 is 10.6 Å². The number of nitro groups is 1. The van der Waals surface area contributed by atoms with Crippen LogP contribution in [0.5, 0.6) is 0 Å². The fourth-order valence-electron chi connectivity index (χ4n) is 2.36. The van der Waals surface area contributed by atoms with E-state index in [1.165, 1.54) is 18.2 Å². The molecule has 0 unspecified atom stereocenters. The summed E-state index contributed by atoms with van der Waals surface area (Å²) in [5, 5.41) is 26.0. The zero-order valence-corrected chi connectivity index (χ0v) is 11.8. The van der Waals surface area contributed by atoms with E-state index in [2.05, 4.69) is 10.6 Å². The quantitative estimate of drug-likeness (QED) is 0.545. The van der Waals surface area contributed by atoms with Gasteiger partial charge in [-0.25, -0.2) is 0 Å². The Morgan fingerprint density at radius 2 is 2.19 bits per heavy atom. The van der Waals surface area contributed by atoms with Crippen molar-refractivity contribution < 1.29 is 14.8 Å². The highest BCUT2D eigenvalue weighted by Crippen LogP contribution is 2.30. The Hall–Kier alpha value is -2.15. The van der Waals surface area contributed by atoms with Gasteiger partial charge in [0.25, 0.3) is 11.6 Å². The van der Waals surface area contributed by atoms with Crippen LogP contribution in [0.3, 0.4) is 0 Å². The Kier molecular flexibility index (Phi) is 4.74. The molecular formula is C14H19N3O4. The van der Waals surface area contributed by atoms with E-state index in [1.807, 2.05) is 6.92 Å². The molecule has 0 bridgehead atoms. The number of carbonyl (C=O) groups is 1. The zero-order valence-electron chi connectivity index (χ0n) is 11.8. The fraction of sp³-hybridized carbons (Fsp3) is 0.500. The minimum Gasteiger partial charge on any atom is -0.393 e. The predicted octanol–water partition coefficient (Wildman–Crippen LogP) is 1.53. The molecule has 1 amide bonds. The highest BCUT2D eigenvalue weighted by Gasteiger charge is 2.27. The molecule has 0 radical (unpaired) electrons. The normalized spacial score (nSPS) is 20.5. The second kappa shape index (κ2) is 6.53. The summed E-state index contributed by atoms with van der Waals surface area (Å²) in [5.74, 6) is 0.0576. The summed E-state index contributed by atoms with van der Waals surface area (Å²) in [4.78, 5) is 22.3. The Bertz CT molecular complexity index is 541. The maximum Gasteiger partial charge on any atom is 0.292 e. The number of rotatable bonds is 6. The van der Waals surface area contributed by atoms with Crippen molar-refractivity contribution in [1.82, 2.24) is 5.32 Å². The van der Waals surface area contributed by atoms with E-state index in [-0.39, 0.29) is 17.7 Å². The van der Waals surface area contributed by atoms with E-state index in [1.54, 1.807) is 0 Å². The van der Waals surface area contributed by atoms with Gasteiger partial charge in [-0.2, -0.15) is 0 Å². The minimum atomic E-state index is -0.473. The average Bonchev–Trinajstić information content (AvgIpc) is 2.42. The molecule has 21 heavy (non-hydrogen) atoms. The summed E-state index contributed by atoms with van der Waals surface area (Å²) in [6.07, 6.45) is 1.15. The molecule has 0 heterocycles. The average molecular weight is 293 g/mol. The van der Waals surface area contributed by atoms with E-state index >= 15 is 0 Å². The monoisotopic (exact) mass is 293 g/mol. The van der Waals surface area contributed by atoms with E-state index in [4.69, 9.17) is 0 Å². The van der Waals surface area contributed by atoms with Crippen LogP contribution in [0, 0.1) is 16.0 Å². The largest absolute Gasteiger partial charge is 0.393 e. The van der Waals surface area contributed by atoms with Crippen molar-refractivity contribution in [2.75, 3.05) is 18.4 Å². The molecule has 0 saturated heterocycles. The maximum atomic E-state index is 11.8. The highest BCUT2D eigenvalue weighted by molar-refractivity contribution is 5.95. The van der Waals surface area contributed by atoms with Gasteiger partial charge in [0.15, 0.2) is 0 Å². The SMILES string of the molecule is CCNC(=O)c1ccc([N+](=O)[O-])c(NCC2CC(O)C2)c1. The number of nitro benzene ring substituents is 1. The number of nitrogens with one attached hydrogen (secondary N) is 2. The second-order valence-corrected chi connectivity index (χ2v) is 5.22. The number of aliphatic hydroxyl groups excluding tert-OH is 1. The molecule has 2 rings (SSSR count). The number of hydrogen-bond donors (Lipinski definition) is 3. The van der Waals surface area contributed by atoms with E-state index in [9.17, 15) is 20.0 Å². The summed E-state index contributed by atoms with van der Waals surface area (Å²) in [7, 11) is 0. The molecular weight excluding hydrogens is 274 g/mol. The number of nitrogens with zero attached hydrogens (tertiary/aromatic N) is 1. The van der Waals surface area contributed by atoms with Gasteiger partial charge in [0.2, 0.25) is 0 Å². The third kappa shape index (κ3) is 3.69. The molecule has 0 atom stereocenters. The van der Waals surface area contributed by atoms with Crippen molar-refractivity contribution in [3.8, 4) is 0 Å². The molecule has 0 spiro atoms. The van der Waals surface area contributed by atoms with Crippen molar-refractivity contribution in [3.63, 3.8) is 0 Å². The Balaban J connectivity index is 2.12. The van der Waals surface area contributed by atoms with Crippen LogP contribution in [0.25, 0.3) is 0 Å². The van der Waals surface area contributed by atoms with Gasteiger partial charge < -0.3 is 15.7 Å². The zero-order chi connectivity index (χ0) is 15.4. The van der Waals surface area contributed by atoms with Gasteiger partial charge in [0.1, 0.15) is 5.69 Å². The second-order valence-electron chi connectivity index (χ2n) is 5.22. The van der Waals surface area contributed by atoms with Gasteiger partial charge in [-0.1, -0.05) is 0 Å².